The van der Waals surface area contributed by atoms with E-state index >= 15 is 0 Å². The monoisotopic (exact) mass is 343 g/mol. The number of rotatable bonds is 5. The summed E-state index contributed by atoms with van der Waals surface area (Å²) < 4.78 is 23.2. The molecule has 2 fully saturated rings. The predicted molar refractivity (Wildman–Crippen MR) is 96.5 cm³/mol. The zero-order valence-electron chi connectivity index (χ0n) is 15.1. The van der Waals surface area contributed by atoms with Gasteiger partial charge in [0.1, 0.15) is 0 Å². The first-order valence-corrected chi connectivity index (χ1v) is 10.9. The zero-order chi connectivity index (χ0) is 17.1. The zero-order valence-corrected chi connectivity index (χ0v) is 16.0. The molecule has 0 aromatic rings. The molecule has 2 aliphatic rings. The molecule has 6 heteroatoms. The van der Waals surface area contributed by atoms with E-state index < -0.39 is 9.84 Å². The molecule has 134 valence electrons. The molecule has 0 saturated carbocycles. The summed E-state index contributed by atoms with van der Waals surface area (Å²) in [6, 6.07) is 0.384. The Morgan fingerprint density at radius 1 is 1.43 bits per heavy atom. The van der Waals surface area contributed by atoms with Crippen LogP contribution in [0.4, 0.5) is 0 Å². The molecule has 1 N–H and O–H groups in total. The highest BCUT2D eigenvalue weighted by molar-refractivity contribution is 7.91. The van der Waals surface area contributed by atoms with Gasteiger partial charge in [-0.25, -0.2) is 8.42 Å². The highest BCUT2D eigenvalue weighted by Gasteiger charge is 2.34. The fourth-order valence-corrected chi connectivity index (χ4v) is 5.13. The number of hydrogen-bond donors (Lipinski definition) is 1. The third-order valence-electron chi connectivity index (χ3n) is 5.52. The fourth-order valence-electron chi connectivity index (χ4n) is 3.28. The summed E-state index contributed by atoms with van der Waals surface area (Å²) >= 11 is 0. The predicted octanol–water partition coefficient (Wildman–Crippen LogP) is 2.29. The third kappa shape index (κ3) is 5.10. The second kappa shape index (κ2) is 7.41. The van der Waals surface area contributed by atoms with Gasteiger partial charge in [0.25, 0.3) is 0 Å². The second-order valence-electron chi connectivity index (χ2n) is 7.72. The molecule has 0 spiro atoms. The average Bonchev–Trinajstić information content (AvgIpc) is 3.06. The van der Waals surface area contributed by atoms with E-state index in [1.807, 2.05) is 0 Å². The van der Waals surface area contributed by atoms with Crippen molar-refractivity contribution in [2.24, 2.45) is 16.3 Å². The van der Waals surface area contributed by atoms with E-state index in [1.165, 1.54) is 12.8 Å². The lowest BCUT2D eigenvalue weighted by atomic mass is 9.87. The van der Waals surface area contributed by atoms with E-state index in [2.05, 4.69) is 37.9 Å². The van der Waals surface area contributed by atoms with Crippen molar-refractivity contribution in [2.75, 3.05) is 31.1 Å². The minimum Gasteiger partial charge on any atom is -0.354 e. The maximum atomic E-state index is 11.6. The maximum absolute atomic E-state index is 11.6. The molecule has 2 rings (SSSR count). The van der Waals surface area contributed by atoms with Crippen LogP contribution in [-0.2, 0) is 9.84 Å². The Morgan fingerprint density at radius 2 is 2.17 bits per heavy atom. The molecule has 0 aromatic heterocycles. The van der Waals surface area contributed by atoms with Crippen LogP contribution in [0.3, 0.4) is 0 Å². The lowest BCUT2D eigenvalue weighted by Gasteiger charge is -2.27. The van der Waals surface area contributed by atoms with E-state index in [-0.39, 0.29) is 5.92 Å². The molecule has 3 atom stereocenters. The fraction of sp³-hybridized carbons (Fsp3) is 0.941. The summed E-state index contributed by atoms with van der Waals surface area (Å²) in [5.74, 6) is 1.80. The van der Waals surface area contributed by atoms with Crippen molar-refractivity contribution in [2.45, 2.75) is 59.4 Å². The molecule has 23 heavy (non-hydrogen) atoms. The Bertz CT molecular complexity index is 532. The summed E-state index contributed by atoms with van der Waals surface area (Å²) in [5, 5.41) is 3.54. The summed E-state index contributed by atoms with van der Waals surface area (Å²) in [7, 11) is -2.82. The molecule has 2 saturated heterocycles. The van der Waals surface area contributed by atoms with E-state index in [4.69, 9.17) is 4.99 Å². The minimum atomic E-state index is -2.82. The Morgan fingerprint density at radius 3 is 2.70 bits per heavy atom. The van der Waals surface area contributed by atoms with Gasteiger partial charge in [-0.05, 0) is 43.9 Å². The number of nitrogens with zero attached hydrogens (tertiary/aromatic N) is 2. The van der Waals surface area contributed by atoms with E-state index in [0.717, 1.165) is 31.9 Å². The molecule has 0 radical (unpaired) electrons. The van der Waals surface area contributed by atoms with Crippen molar-refractivity contribution in [3.63, 3.8) is 0 Å². The first-order chi connectivity index (χ1) is 10.8. The molecule has 3 unspecified atom stereocenters. The number of guanidine groups is 1. The van der Waals surface area contributed by atoms with Gasteiger partial charge in [0.15, 0.2) is 15.8 Å². The van der Waals surface area contributed by atoms with Gasteiger partial charge in [0.05, 0.1) is 11.5 Å². The smallest absolute Gasteiger partial charge is 0.194 e. The lowest BCUT2D eigenvalue weighted by molar-refractivity contribution is 0.320. The highest BCUT2D eigenvalue weighted by Crippen LogP contribution is 2.33. The lowest BCUT2D eigenvalue weighted by Crippen LogP contribution is -2.45. The van der Waals surface area contributed by atoms with Crippen molar-refractivity contribution in [3.8, 4) is 0 Å². The summed E-state index contributed by atoms with van der Waals surface area (Å²) in [6.07, 6.45) is 4.19. The first-order valence-electron chi connectivity index (χ1n) is 9.03. The summed E-state index contributed by atoms with van der Waals surface area (Å²) in [4.78, 5) is 7.17. The number of sulfone groups is 1. The second-order valence-corrected chi connectivity index (χ2v) is 9.95. The van der Waals surface area contributed by atoms with Gasteiger partial charge in [-0.3, -0.25) is 4.99 Å². The van der Waals surface area contributed by atoms with Crippen molar-refractivity contribution in [1.82, 2.24) is 10.2 Å². The number of aliphatic imine (C=N–C) groups is 1. The van der Waals surface area contributed by atoms with Crippen molar-refractivity contribution in [3.05, 3.63) is 0 Å². The van der Waals surface area contributed by atoms with E-state index in [9.17, 15) is 8.42 Å². The van der Waals surface area contributed by atoms with Crippen LogP contribution >= 0.6 is 0 Å². The van der Waals surface area contributed by atoms with Crippen LogP contribution in [0.2, 0.25) is 0 Å². The Kier molecular flexibility index (Phi) is 5.98. The number of hydrogen-bond acceptors (Lipinski definition) is 3. The highest BCUT2D eigenvalue weighted by atomic mass is 32.2. The quantitative estimate of drug-likeness (QED) is 0.614. The standard InChI is InChI=1S/C17H33N3O2S/c1-5-14(3)19-16(20-9-8-17(4,6-2)13-20)18-11-15-7-10-23(21,22)12-15/h14-15H,5-13H2,1-4H3,(H,18,19). The molecule has 0 bridgehead atoms. The van der Waals surface area contributed by atoms with Crippen molar-refractivity contribution < 1.29 is 8.42 Å². The van der Waals surface area contributed by atoms with Gasteiger partial charge >= 0.3 is 0 Å². The molecule has 2 heterocycles. The van der Waals surface area contributed by atoms with Crippen LogP contribution in [0.15, 0.2) is 4.99 Å². The molecule has 0 aromatic carbocycles. The van der Waals surface area contributed by atoms with Gasteiger partial charge < -0.3 is 10.2 Å². The number of nitrogens with one attached hydrogen (secondary N) is 1. The first kappa shape index (κ1) is 18.6. The molecule has 2 aliphatic heterocycles. The largest absolute Gasteiger partial charge is 0.354 e. The van der Waals surface area contributed by atoms with Gasteiger partial charge in [-0.15, -0.1) is 0 Å². The Labute approximate surface area is 141 Å². The van der Waals surface area contributed by atoms with Gasteiger partial charge in [-0.2, -0.15) is 0 Å². The van der Waals surface area contributed by atoms with Gasteiger partial charge in [0.2, 0.25) is 0 Å². The molecule has 0 aliphatic carbocycles. The van der Waals surface area contributed by atoms with E-state index in [1.54, 1.807) is 0 Å². The van der Waals surface area contributed by atoms with Gasteiger partial charge in [0, 0.05) is 25.7 Å². The topological polar surface area (TPSA) is 61.8 Å². The van der Waals surface area contributed by atoms with E-state index in [0.29, 0.717) is 29.5 Å². The molecule has 0 amide bonds. The third-order valence-corrected chi connectivity index (χ3v) is 7.36. The van der Waals surface area contributed by atoms with Gasteiger partial charge in [-0.1, -0.05) is 20.8 Å². The van der Waals surface area contributed by atoms with Crippen LogP contribution in [0.25, 0.3) is 0 Å². The minimum absolute atomic E-state index is 0.189. The molecule has 5 nitrogen and oxygen atoms in total. The normalized spacial score (nSPS) is 32.3. The summed E-state index contributed by atoms with van der Waals surface area (Å²) in [5.41, 5.74) is 0.370. The van der Waals surface area contributed by atoms with Crippen molar-refractivity contribution in [1.29, 1.82) is 0 Å². The molecular weight excluding hydrogens is 310 g/mol. The average molecular weight is 344 g/mol. The van der Waals surface area contributed by atoms with Crippen LogP contribution in [0.1, 0.15) is 53.4 Å². The van der Waals surface area contributed by atoms with Crippen LogP contribution in [0, 0.1) is 11.3 Å². The Hall–Kier alpha value is -0.780. The van der Waals surface area contributed by atoms with Crippen LogP contribution in [-0.4, -0.2) is 56.5 Å². The van der Waals surface area contributed by atoms with Crippen LogP contribution < -0.4 is 5.32 Å². The number of likely N-dealkylation sites (tertiary alicyclic amines) is 1. The summed E-state index contributed by atoms with van der Waals surface area (Å²) in [6.45, 7) is 11.6. The Balaban J connectivity index is 2.04. The maximum Gasteiger partial charge on any atom is 0.194 e. The SMILES string of the molecule is CCC(C)NC(=NCC1CCS(=O)(=O)C1)N1CCC(C)(CC)C1. The molecular formula is C17H33N3O2S. The van der Waals surface area contributed by atoms with Crippen LogP contribution in [0.5, 0.6) is 0 Å². The van der Waals surface area contributed by atoms with Crippen molar-refractivity contribution >= 4 is 15.8 Å².